The van der Waals surface area contributed by atoms with Gasteiger partial charge in [-0.15, -0.1) is 0 Å². The fraction of sp³-hybridized carbons (Fsp3) is 0.333. The molecular weight excluding hydrogens is 346 g/mol. The first-order valence-corrected chi connectivity index (χ1v) is 8.37. The van der Waals surface area contributed by atoms with Crippen molar-refractivity contribution >= 4 is 27.5 Å². The summed E-state index contributed by atoms with van der Waals surface area (Å²) in [6, 6.07) is 10.8. The number of benzene rings is 2. The first kappa shape index (κ1) is 16.5. The Morgan fingerprint density at radius 1 is 1.00 bits per heavy atom. The number of hydrogen-bond donors (Lipinski definition) is 1. The smallest absolute Gasteiger partial charge is 0.0594 e. The van der Waals surface area contributed by atoms with Gasteiger partial charge in [0.25, 0.3) is 0 Å². The van der Waals surface area contributed by atoms with Crippen molar-refractivity contribution in [2.24, 2.45) is 0 Å². The predicted molar refractivity (Wildman–Crippen MR) is 95.3 cm³/mol. The second-order valence-electron chi connectivity index (χ2n) is 5.45. The maximum absolute atomic E-state index is 6.52. The number of rotatable bonds is 4. The van der Waals surface area contributed by atoms with Gasteiger partial charge in [-0.25, -0.2) is 0 Å². The minimum Gasteiger partial charge on any atom is -0.306 e. The molecule has 0 aliphatic carbocycles. The normalized spacial score (nSPS) is 12.5. The van der Waals surface area contributed by atoms with E-state index in [9.17, 15) is 0 Å². The zero-order valence-electron chi connectivity index (χ0n) is 12.9. The van der Waals surface area contributed by atoms with Crippen LogP contribution in [-0.4, -0.2) is 6.54 Å². The lowest BCUT2D eigenvalue weighted by molar-refractivity contribution is 0.627. The van der Waals surface area contributed by atoms with Crippen LogP contribution < -0.4 is 5.32 Å². The van der Waals surface area contributed by atoms with Crippen molar-refractivity contribution in [1.29, 1.82) is 0 Å². The highest BCUT2D eigenvalue weighted by Crippen LogP contribution is 2.33. The van der Waals surface area contributed by atoms with Gasteiger partial charge in [-0.1, -0.05) is 46.6 Å². The van der Waals surface area contributed by atoms with E-state index in [4.69, 9.17) is 11.6 Å². The van der Waals surface area contributed by atoms with Gasteiger partial charge >= 0.3 is 0 Å². The van der Waals surface area contributed by atoms with Gasteiger partial charge in [0, 0.05) is 9.50 Å². The van der Waals surface area contributed by atoms with Gasteiger partial charge in [0.15, 0.2) is 0 Å². The van der Waals surface area contributed by atoms with Gasteiger partial charge in [-0.2, -0.15) is 0 Å². The Hall–Kier alpha value is -0.830. The van der Waals surface area contributed by atoms with Crippen molar-refractivity contribution in [1.82, 2.24) is 5.32 Å². The van der Waals surface area contributed by atoms with Gasteiger partial charge in [-0.05, 0) is 73.3 Å². The minimum absolute atomic E-state index is 0.120. The van der Waals surface area contributed by atoms with Crippen LogP contribution in [-0.2, 0) is 0 Å². The molecule has 1 nitrogen and oxygen atoms in total. The third-order valence-corrected chi connectivity index (χ3v) is 4.70. The summed E-state index contributed by atoms with van der Waals surface area (Å²) in [5.41, 5.74) is 6.17. The van der Waals surface area contributed by atoms with E-state index in [0.29, 0.717) is 0 Å². The largest absolute Gasteiger partial charge is 0.306 e. The molecule has 0 saturated carbocycles. The van der Waals surface area contributed by atoms with Crippen LogP contribution in [0.1, 0.15) is 40.8 Å². The van der Waals surface area contributed by atoms with Crippen LogP contribution in [0.3, 0.4) is 0 Å². The van der Waals surface area contributed by atoms with Crippen molar-refractivity contribution < 1.29 is 0 Å². The fourth-order valence-electron chi connectivity index (χ4n) is 2.58. The average Bonchev–Trinajstić information content (AvgIpc) is 2.41. The summed E-state index contributed by atoms with van der Waals surface area (Å²) in [6.07, 6.45) is 0. The molecule has 0 bridgehead atoms. The highest BCUT2D eigenvalue weighted by atomic mass is 79.9. The van der Waals surface area contributed by atoms with E-state index < -0.39 is 0 Å². The van der Waals surface area contributed by atoms with Crippen LogP contribution in [0.2, 0.25) is 5.02 Å². The first-order valence-electron chi connectivity index (χ1n) is 7.20. The molecule has 2 aromatic carbocycles. The minimum atomic E-state index is 0.120. The zero-order valence-corrected chi connectivity index (χ0v) is 15.3. The lowest BCUT2D eigenvalue weighted by Crippen LogP contribution is -2.23. The summed E-state index contributed by atoms with van der Waals surface area (Å²) >= 11 is 10.0. The van der Waals surface area contributed by atoms with Gasteiger partial charge in [-0.3, -0.25) is 0 Å². The maximum atomic E-state index is 6.52. The van der Waals surface area contributed by atoms with Crippen molar-refractivity contribution in [2.45, 2.75) is 33.7 Å². The number of hydrogen-bond acceptors (Lipinski definition) is 1. The molecule has 0 fully saturated rings. The van der Waals surface area contributed by atoms with E-state index in [2.05, 4.69) is 79.3 Å². The van der Waals surface area contributed by atoms with Gasteiger partial charge < -0.3 is 5.32 Å². The summed E-state index contributed by atoms with van der Waals surface area (Å²) in [6.45, 7) is 9.38. The molecule has 1 atom stereocenters. The number of nitrogens with one attached hydrogen (secondary N) is 1. The van der Waals surface area contributed by atoms with Crippen LogP contribution in [0.5, 0.6) is 0 Å². The molecule has 0 spiro atoms. The monoisotopic (exact) mass is 365 g/mol. The average molecular weight is 367 g/mol. The van der Waals surface area contributed by atoms with Crippen molar-refractivity contribution in [3.8, 4) is 0 Å². The van der Waals surface area contributed by atoms with E-state index >= 15 is 0 Å². The summed E-state index contributed by atoms with van der Waals surface area (Å²) in [5.74, 6) is 0. The van der Waals surface area contributed by atoms with Crippen molar-refractivity contribution in [3.63, 3.8) is 0 Å². The summed E-state index contributed by atoms with van der Waals surface area (Å²) in [7, 11) is 0. The van der Waals surface area contributed by atoms with E-state index in [-0.39, 0.29) is 6.04 Å². The lowest BCUT2D eigenvalue weighted by atomic mass is 9.93. The van der Waals surface area contributed by atoms with Gasteiger partial charge in [0.05, 0.1) is 6.04 Å². The molecule has 1 N–H and O–H groups in total. The SMILES string of the molecule is CCNC(c1ccc(Br)cc1C)c1cc(C)c(C)cc1Cl. The Labute approximate surface area is 140 Å². The Balaban J connectivity index is 2.55. The van der Waals surface area contributed by atoms with Gasteiger partial charge in [0.2, 0.25) is 0 Å². The lowest BCUT2D eigenvalue weighted by Gasteiger charge is -2.23. The number of halogens is 2. The molecule has 0 saturated heterocycles. The van der Waals surface area contributed by atoms with Crippen LogP contribution in [0.15, 0.2) is 34.8 Å². The van der Waals surface area contributed by atoms with Gasteiger partial charge in [0.1, 0.15) is 0 Å². The predicted octanol–water partition coefficient (Wildman–Crippen LogP) is 5.73. The molecule has 0 aliphatic rings. The van der Waals surface area contributed by atoms with Crippen molar-refractivity contribution in [2.75, 3.05) is 6.54 Å². The highest BCUT2D eigenvalue weighted by Gasteiger charge is 2.18. The van der Waals surface area contributed by atoms with Crippen LogP contribution in [0.25, 0.3) is 0 Å². The molecule has 2 aromatic rings. The fourth-order valence-corrected chi connectivity index (χ4v) is 3.38. The molecule has 21 heavy (non-hydrogen) atoms. The van der Waals surface area contributed by atoms with E-state index in [1.165, 1.54) is 22.3 Å². The second kappa shape index (κ2) is 6.95. The molecular formula is C18H21BrClN. The Morgan fingerprint density at radius 3 is 2.29 bits per heavy atom. The number of aryl methyl sites for hydroxylation is 3. The Bertz CT molecular complexity index is 652. The Kier molecular flexibility index (Phi) is 5.48. The summed E-state index contributed by atoms with van der Waals surface area (Å²) < 4.78 is 1.10. The van der Waals surface area contributed by atoms with Crippen molar-refractivity contribution in [3.05, 3.63) is 67.6 Å². The third-order valence-electron chi connectivity index (χ3n) is 3.88. The quantitative estimate of drug-likeness (QED) is 0.729. The molecule has 0 aromatic heterocycles. The molecule has 1 unspecified atom stereocenters. The molecule has 0 amide bonds. The molecule has 0 aliphatic heterocycles. The standard InChI is InChI=1S/C18H21BrClN/c1-5-21-18(15-7-6-14(19)8-13(15)4)16-9-11(2)12(3)10-17(16)20/h6-10,18,21H,5H2,1-4H3. The van der Waals surface area contributed by atoms with Crippen LogP contribution in [0.4, 0.5) is 0 Å². The summed E-state index contributed by atoms with van der Waals surface area (Å²) in [4.78, 5) is 0. The molecule has 3 heteroatoms. The van der Waals surface area contributed by atoms with Crippen LogP contribution >= 0.6 is 27.5 Å². The molecule has 0 radical (unpaired) electrons. The van der Waals surface area contributed by atoms with E-state index in [0.717, 1.165) is 21.6 Å². The summed E-state index contributed by atoms with van der Waals surface area (Å²) in [5, 5.41) is 4.39. The molecule has 0 heterocycles. The third kappa shape index (κ3) is 3.68. The molecule has 2 rings (SSSR count). The van der Waals surface area contributed by atoms with E-state index in [1.54, 1.807) is 0 Å². The molecule has 112 valence electrons. The highest BCUT2D eigenvalue weighted by molar-refractivity contribution is 9.10. The first-order chi connectivity index (χ1) is 9.93. The van der Waals surface area contributed by atoms with Crippen LogP contribution in [0, 0.1) is 20.8 Å². The second-order valence-corrected chi connectivity index (χ2v) is 6.77. The topological polar surface area (TPSA) is 12.0 Å². The Morgan fingerprint density at radius 2 is 1.67 bits per heavy atom. The van der Waals surface area contributed by atoms with E-state index in [1.807, 2.05) is 0 Å². The zero-order chi connectivity index (χ0) is 15.6. The maximum Gasteiger partial charge on any atom is 0.0594 e.